The number of esters is 1. The molecule has 73 heavy (non-hydrogen) atoms. The molecule has 13 heteroatoms. The number of amides is 4. The van der Waals surface area contributed by atoms with Crippen molar-refractivity contribution in [1.29, 1.82) is 0 Å². The zero-order chi connectivity index (χ0) is 52.7. The second-order valence-corrected chi connectivity index (χ2v) is 20.3. The monoisotopic (exact) mass is 1010 g/mol. The number of rotatable bonds is 48. The smallest absolute Gasteiger partial charge is 0.407 e. The van der Waals surface area contributed by atoms with Crippen LogP contribution >= 0.6 is 0 Å². The Bertz CT molecular complexity index is 1640. The highest BCUT2D eigenvalue weighted by molar-refractivity contribution is 6.57. The van der Waals surface area contributed by atoms with Gasteiger partial charge in [0.25, 0.3) is 0 Å². The molecule has 12 nitrogen and oxygen atoms in total. The Labute approximate surface area is 444 Å². The van der Waals surface area contributed by atoms with Crippen molar-refractivity contribution in [3.63, 3.8) is 0 Å². The average molecular weight is 1010 g/mol. The van der Waals surface area contributed by atoms with Crippen LogP contribution in [0.5, 0.6) is 0 Å². The van der Waals surface area contributed by atoms with Crippen LogP contribution in [0.2, 0.25) is 0 Å². The van der Waals surface area contributed by atoms with Gasteiger partial charge < -0.3 is 35.6 Å². The first-order chi connectivity index (χ1) is 35.7. The summed E-state index contributed by atoms with van der Waals surface area (Å²) in [6.45, 7) is 8.06. The number of carbonyl (C=O) groups is 5. The fourth-order valence-electron chi connectivity index (χ4n) is 9.18. The predicted molar refractivity (Wildman–Crippen MR) is 299 cm³/mol. The minimum absolute atomic E-state index is 0.000727. The first-order valence-corrected chi connectivity index (χ1v) is 29.2. The highest BCUT2D eigenvalue weighted by Gasteiger charge is 2.28. The van der Waals surface area contributed by atoms with Crippen LogP contribution in [-0.4, -0.2) is 87.2 Å². The second-order valence-electron chi connectivity index (χ2n) is 20.3. The average Bonchev–Trinajstić information content (AvgIpc) is 3.39. The van der Waals surface area contributed by atoms with Crippen LogP contribution in [0, 0.1) is 0 Å². The van der Waals surface area contributed by atoms with Gasteiger partial charge in [0, 0.05) is 19.6 Å². The molecule has 2 aromatic rings. The van der Waals surface area contributed by atoms with Crippen molar-refractivity contribution >= 4 is 37.5 Å². The van der Waals surface area contributed by atoms with Gasteiger partial charge in [0.15, 0.2) is 5.81 Å². The molecule has 4 N–H and O–H groups in total. The Morgan fingerprint density at radius 1 is 0.452 bits per heavy atom. The van der Waals surface area contributed by atoms with Crippen LogP contribution in [0.1, 0.15) is 230 Å². The van der Waals surface area contributed by atoms with E-state index in [1.165, 1.54) is 167 Å². The number of alkyl carbamates (subject to hydrolysis) is 1. The Hall–Kier alpha value is -4.39. The van der Waals surface area contributed by atoms with E-state index in [2.05, 4.69) is 40.0 Å². The number of carbonyl (C=O) groups excluding carboxylic acids is 5. The molecule has 0 spiro atoms. The molecule has 4 amide bonds. The van der Waals surface area contributed by atoms with E-state index < -0.39 is 42.3 Å². The summed E-state index contributed by atoms with van der Waals surface area (Å²) in [5.74, 6) is -2.78. The molecule has 0 fully saturated rings. The third-order valence-corrected chi connectivity index (χ3v) is 13.7. The maximum absolute atomic E-state index is 13.9. The number of ether oxygens (including phenoxy) is 2. The maximum atomic E-state index is 13.9. The Morgan fingerprint density at radius 2 is 0.877 bits per heavy atom. The van der Waals surface area contributed by atoms with Gasteiger partial charge >= 0.3 is 12.1 Å². The summed E-state index contributed by atoms with van der Waals surface area (Å²) in [5.41, 5.74) is 1.65. The van der Waals surface area contributed by atoms with Crippen molar-refractivity contribution in [3.8, 4) is 0 Å². The van der Waals surface area contributed by atoms with E-state index in [9.17, 15) is 24.0 Å². The molecule has 0 aliphatic heterocycles. The molecule has 0 heterocycles. The summed E-state index contributed by atoms with van der Waals surface area (Å²) in [7, 11) is 5.44. The van der Waals surface area contributed by atoms with Crippen molar-refractivity contribution in [2.45, 2.75) is 245 Å². The van der Waals surface area contributed by atoms with Crippen LogP contribution in [0.3, 0.4) is 0 Å². The van der Waals surface area contributed by atoms with E-state index in [-0.39, 0.29) is 25.5 Å². The van der Waals surface area contributed by atoms with Crippen molar-refractivity contribution in [2.75, 3.05) is 32.7 Å². The number of unbranched alkanes of at least 4 members (excludes halogenated alkanes) is 27. The van der Waals surface area contributed by atoms with Gasteiger partial charge in [-0.1, -0.05) is 241 Å². The molecule has 2 rings (SSSR count). The molecule has 0 aromatic heterocycles. The lowest BCUT2D eigenvalue weighted by Gasteiger charge is -2.25. The predicted octanol–water partition coefficient (Wildman–Crippen LogP) is 13.3. The largest absolute Gasteiger partial charge is 0.461 e. The van der Waals surface area contributed by atoms with Crippen molar-refractivity contribution in [1.82, 2.24) is 26.2 Å². The van der Waals surface area contributed by atoms with Crippen LogP contribution < -0.4 is 21.3 Å². The summed E-state index contributed by atoms with van der Waals surface area (Å²) in [6, 6.07) is 16.2. The minimum Gasteiger partial charge on any atom is -0.461 e. The molecule has 2 unspecified atom stereocenters. The molecular weight excluding hydrogens is 913 g/mol. The molecule has 0 aliphatic rings. The summed E-state index contributed by atoms with van der Waals surface area (Å²) < 4.78 is 10.7. The van der Waals surface area contributed by atoms with E-state index in [0.29, 0.717) is 32.5 Å². The standard InChI is InChI=1S/C60H100BN5O7/c1-3-5-7-9-11-13-15-17-19-21-23-25-27-37-46-66(47-38-28-26-24-22-20-18-16-14-12-10-8-6-4-2)48-45-62-57(68)54(43-35-36-44-63-60(71)73-51-53-41-33-30-34-42-53)64-58(69)55(65-59(61)70)49-56(67)72-50-52-39-31-29-32-40-52/h29-34,39-42,54-55H,3-28,35-38,43-51H2,1-2H3,(H,62,68)(H,63,71)(H,64,69)(H,65,70). The zero-order valence-electron chi connectivity index (χ0n) is 45.9. The lowest BCUT2D eigenvalue weighted by Crippen LogP contribution is -2.54. The van der Waals surface area contributed by atoms with E-state index >= 15 is 0 Å². The van der Waals surface area contributed by atoms with Gasteiger partial charge in [-0.15, -0.1) is 0 Å². The van der Waals surface area contributed by atoms with Gasteiger partial charge in [0.1, 0.15) is 25.3 Å². The van der Waals surface area contributed by atoms with Crippen LogP contribution in [0.4, 0.5) is 9.59 Å². The zero-order valence-corrected chi connectivity index (χ0v) is 45.9. The topological polar surface area (TPSA) is 155 Å². The molecule has 410 valence electrons. The maximum Gasteiger partial charge on any atom is 0.407 e. The first kappa shape index (κ1) is 64.7. The van der Waals surface area contributed by atoms with E-state index in [1.54, 1.807) is 0 Å². The molecule has 0 bridgehead atoms. The number of hydrogen-bond donors (Lipinski definition) is 4. The van der Waals surface area contributed by atoms with E-state index in [4.69, 9.17) is 17.3 Å². The van der Waals surface area contributed by atoms with Gasteiger partial charge in [-0.2, -0.15) is 0 Å². The third-order valence-electron chi connectivity index (χ3n) is 13.7. The van der Waals surface area contributed by atoms with Crippen LogP contribution in [0.25, 0.3) is 0 Å². The van der Waals surface area contributed by atoms with Crippen LogP contribution in [-0.2, 0) is 37.1 Å². The molecule has 2 radical (unpaired) electrons. The lowest BCUT2D eigenvalue weighted by molar-refractivity contribution is -0.147. The summed E-state index contributed by atoms with van der Waals surface area (Å²) in [5, 5.41) is 11.0. The van der Waals surface area contributed by atoms with E-state index in [0.717, 1.165) is 37.1 Å². The molecule has 0 saturated heterocycles. The number of hydrogen-bond acceptors (Lipinski definition) is 8. The van der Waals surface area contributed by atoms with Gasteiger partial charge in [-0.25, -0.2) is 4.79 Å². The first-order valence-electron chi connectivity index (χ1n) is 29.2. The SMILES string of the molecule is [B]C(=O)NC(CC(=O)OCc1ccccc1)C(=O)NC(CCCCNC(=O)OCc1ccccc1)C(=O)NCCN(CCCCCCCCCCCCCCCC)CCCCCCCCCCCCCCCC. The summed E-state index contributed by atoms with van der Waals surface area (Å²) in [6.07, 6.45) is 37.2. The number of nitrogens with zero attached hydrogens (tertiary/aromatic N) is 1. The fourth-order valence-corrected chi connectivity index (χ4v) is 9.18. The second kappa shape index (κ2) is 46.2. The normalized spacial score (nSPS) is 12.0. The quantitative estimate of drug-likeness (QED) is 0.0290. The van der Waals surface area contributed by atoms with Crippen molar-refractivity contribution in [2.24, 2.45) is 0 Å². The summed E-state index contributed by atoms with van der Waals surface area (Å²) in [4.78, 5) is 67.4. The third kappa shape index (κ3) is 37.9. The molecule has 0 aliphatic carbocycles. The van der Waals surface area contributed by atoms with Gasteiger partial charge in [-0.05, 0) is 56.3 Å². The van der Waals surface area contributed by atoms with Crippen molar-refractivity contribution in [3.05, 3.63) is 71.8 Å². The Balaban J connectivity index is 1.95. The van der Waals surface area contributed by atoms with Gasteiger partial charge in [0.2, 0.25) is 19.7 Å². The highest BCUT2D eigenvalue weighted by atomic mass is 16.5. The van der Waals surface area contributed by atoms with Gasteiger partial charge in [0.05, 0.1) is 6.42 Å². The fraction of sp³-hybridized carbons (Fsp3) is 0.717. The molecular formula is C60H100BN5O7. The van der Waals surface area contributed by atoms with E-state index in [1.807, 2.05) is 60.7 Å². The number of benzene rings is 2. The number of nitrogens with one attached hydrogen (secondary N) is 4. The molecule has 0 saturated carbocycles. The lowest BCUT2D eigenvalue weighted by atomic mass is 10.0. The minimum atomic E-state index is -1.36. The van der Waals surface area contributed by atoms with Crippen LogP contribution in [0.15, 0.2) is 60.7 Å². The van der Waals surface area contributed by atoms with Crippen molar-refractivity contribution < 1.29 is 33.4 Å². The highest BCUT2D eigenvalue weighted by Crippen LogP contribution is 2.16. The Morgan fingerprint density at radius 3 is 1.32 bits per heavy atom. The Kier molecular flexibility index (Phi) is 40.9. The summed E-state index contributed by atoms with van der Waals surface area (Å²) >= 11 is 0. The molecule has 2 atom stereocenters. The van der Waals surface area contributed by atoms with Gasteiger partial charge in [-0.3, -0.25) is 19.2 Å². The molecule has 2 aromatic carbocycles.